The van der Waals surface area contributed by atoms with Crippen LogP contribution < -0.4 is 5.32 Å². The molecule has 1 aromatic rings. The third-order valence-corrected chi connectivity index (χ3v) is 5.43. The van der Waals surface area contributed by atoms with Crippen LogP contribution in [0, 0.1) is 12.3 Å². The number of imide groups is 1. The molecule has 2 atom stereocenters. The van der Waals surface area contributed by atoms with E-state index >= 15 is 0 Å². The van der Waals surface area contributed by atoms with Gasteiger partial charge < -0.3 is 0 Å². The lowest BCUT2D eigenvalue weighted by Gasteiger charge is -2.39. The zero-order chi connectivity index (χ0) is 13.5. The van der Waals surface area contributed by atoms with Crippen LogP contribution in [0.5, 0.6) is 0 Å². The molecular weight excluding hydrogens is 258 g/mol. The standard InChI is InChI=1S/C15H17NO2S/c1-10-3-2-4-11(7-10)13-14(18)16-12(17)8-15(13)5-6-19-9-15/h2-4,7,13H,5-6,8-9H2,1H3,(H,16,17,18). The third kappa shape index (κ3) is 2.18. The SMILES string of the molecule is Cc1cccc(C2C(=O)NC(=O)CC23CCSC3)c1. The van der Waals surface area contributed by atoms with Gasteiger partial charge in [0.1, 0.15) is 0 Å². The summed E-state index contributed by atoms with van der Waals surface area (Å²) in [5, 5.41) is 2.51. The Kier molecular flexibility index (Phi) is 3.13. The van der Waals surface area contributed by atoms with Gasteiger partial charge >= 0.3 is 0 Å². The molecule has 0 aliphatic carbocycles. The number of thioether (sulfide) groups is 1. The molecule has 2 aliphatic heterocycles. The number of carbonyl (C=O) groups is 2. The van der Waals surface area contributed by atoms with Crippen molar-refractivity contribution in [2.45, 2.75) is 25.7 Å². The van der Waals surface area contributed by atoms with Crippen LogP contribution in [-0.2, 0) is 9.59 Å². The van der Waals surface area contributed by atoms with Crippen molar-refractivity contribution in [1.82, 2.24) is 5.32 Å². The van der Waals surface area contributed by atoms with Crippen LogP contribution in [0.2, 0.25) is 0 Å². The number of hydrogen-bond donors (Lipinski definition) is 1. The minimum absolute atomic E-state index is 0.114. The summed E-state index contributed by atoms with van der Waals surface area (Å²) >= 11 is 1.85. The van der Waals surface area contributed by atoms with Crippen molar-refractivity contribution in [3.63, 3.8) is 0 Å². The van der Waals surface area contributed by atoms with E-state index in [1.165, 1.54) is 0 Å². The highest BCUT2D eigenvalue weighted by Gasteiger charge is 2.50. The molecule has 3 rings (SSSR count). The molecule has 1 spiro atoms. The normalized spacial score (nSPS) is 30.7. The van der Waals surface area contributed by atoms with E-state index in [9.17, 15) is 9.59 Å². The predicted molar refractivity (Wildman–Crippen MR) is 76.1 cm³/mol. The first-order chi connectivity index (χ1) is 9.11. The third-order valence-electron chi connectivity index (χ3n) is 4.16. The zero-order valence-electron chi connectivity index (χ0n) is 10.9. The van der Waals surface area contributed by atoms with Crippen LogP contribution in [0.25, 0.3) is 0 Å². The predicted octanol–water partition coefficient (Wildman–Crippen LogP) is 2.25. The first-order valence-electron chi connectivity index (χ1n) is 6.59. The van der Waals surface area contributed by atoms with Crippen molar-refractivity contribution < 1.29 is 9.59 Å². The van der Waals surface area contributed by atoms with Crippen molar-refractivity contribution >= 4 is 23.6 Å². The second kappa shape index (κ2) is 4.67. The van der Waals surface area contributed by atoms with Crippen molar-refractivity contribution in [1.29, 1.82) is 0 Å². The van der Waals surface area contributed by atoms with Gasteiger partial charge in [-0.25, -0.2) is 0 Å². The fourth-order valence-corrected chi connectivity index (χ4v) is 4.81. The summed E-state index contributed by atoms with van der Waals surface area (Å²) in [6.07, 6.45) is 1.43. The van der Waals surface area contributed by atoms with Crippen LogP contribution in [0.4, 0.5) is 0 Å². The highest BCUT2D eigenvalue weighted by molar-refractivity contribution is 7.99. The maximum atomic E-state index is 12.3. The molecule has 2 unspecified atom stereocenters. The topological polar surface area (TPSA) is 46.2 Å². The summed E-state index contributed by atoms with van der Waals surface area (Å²) < 4.78 is 0. The maximum absolute atomic E-state index is 12.3. The summed E-state index contributed by atoms with van der Waals surface area (Å²) in [5.41, 5.74) is 2.04. The summed E-state index contributed by atoms with van der Waals surface area (Å²) in [6.45, 7) is 2.03. The molecule has 2 heterocycles. The molecule has 2 fully saturated rings. The average molecular weight is 275 g/mol. The Labute approximate surface area is 117 Å². The van der Waals surface area contributed by atoms with E-state index in [0.29, 0.717) is 6.42 Å². The monoisotopic (exact) mass is 275 g/mol. The van der Waals surface area contributed by atoms with Crippen LogP contribution in [0.1, 0.15) is 29.9 Å². The quantitative estimate of drug-likeness (QED) is 0.800. The number of rotatable bonds is 1. The summed E-state index contributed by atoms with van der Waals surface area (Å²) in [5.74, 6) is 1.54. The molecule has 2 aliphatic rings. The Hall–Kier alpha value is -1.29. The van der Waals surface area contributed by atoms with Gasteiger partial charge in [0.05, 0.1) is 5.92 Å². The van der Waals surface area contributed by atoms with Gasteiger partial charge in [-0.1, -0.05) is 29.8 Å². The molecule has 2 saturated heterocycles. The van der Waals surface area contributed by atoms with Crippen molar-refractivity contribution in [3.8, 4) is 0 Å². The average Bonchev–Trinajstić information content (AvgIpc) is 2.76. The zero-order valence-corrected chi connectivity index (χ0v) is 11.8. The first-order valence-corrected chi connectivity index (χ1v) is 7.74. The number of nitrogens with one attached hydrogen (secondary N) is 1. The molecule has 0 aromatic heterocycles. The van der Waals surface area contributed by atoms with Gasteiger partial charge in [-0.2, -0.15) is 11.8 Å². The van der Waals surface area contributed by atoms with E-state index in [-0.39, 0.29) is 23.1 Å². The fraction of sp³-hybridized carbons (Fsp3) is 0.467. The van der Waals surface area contributed by atoms with Crippen molar-refractivity contribution in [2.24, 2.45) is 5.41 Å². The van der Waals surface area contributed by atoms with E-state index in [0.717, 1.165) is 29.1 Å². The Morgan fingerprint density at radius 2 is 2.21 bits per heavy atom. The van der Waals surface area contributed by atoms with E-state index in [1.54, 1.807) is 0 Å². The summed E-state index contributed by atoms with van der Waals surface area (Å²) in [6, 6.07) is 8.11. The fourth-order valence-electron chi connectivity index (χ4n) is 3.30. The minimum Gasteiger partial charge on any atom is -0.296 e. The largest absolute Gasteiger partial charge is 0.296 e. The Morgan fingerprint density at radius 1 is 1.37 bits per heavy atom. The van der Waals surface area contributed by atoms with Gasteiger partial charge in [0.2, 0.25) is 11.8 Å². The lowest BCUT2D eigenvalue weighted by Crippen LogP contribution is -2.50. The molecule has 1 N–H and O–H groups in total. The van der Waals surface area contributed by atoms with E-state index in [4.69, 9.17) is 0 Å². The van der Waals surface area contributed by atoms with Crippen LogP contribution in [0.15, 0.2) is 24.3 Å². The second-order valence-corrected chi connectivity index (χ2v) is 6.71. The number of benzene rings is 1. The minimum atomic E-state index is -0.180. The Balaban J connectivity index is 2.05. The second-order valence-electron chi connectivity index (χ2n) is 5.60. The van der Waals surface area contributed by atoms with Crippen molar-refractivity contribution in [2.75, 3.05) is 11.5 Å². The summed E-state index contributed by atoms with van der Waals surface area (Å²) in [7, 11) is 0. The van der Waals surface area contributed by atoms with Crippen LogP contribution >= 0.6 is 11.8 Å². The molecule has 2 amide bonds. The molecule has 0 saturated carbocycles. The Morgan fingerprint density at radius 3 is 2.89 bits per heavy atom. The number of carbonyl (C=O) groups excluding carboxylic acids is 2. The van der Waals surface area contributed by atoms with Gasteiger partial charge in [0, 0.05) is 17.6 Å². The number of hydrogen-bond acceptors (Lipinski definition) is 3. The molecule has 3 nitrogen and oxygen atoms in total. The Bertz CT molecular complexity index is 535. The number of amides is 2. The first kappa shape index (κ1) is 12.7. The molecule has 4 heteroatoms. The lowest BCUT2D eigenvalue weighted by molar-refractivity contribution is -0.139. The van der Waals surface area contributed by atoms with Gasteiger partial charge in [0.25, 0.3) is 0 Å². The molecule has 0 bridgehead atoms. The summed E-state index contributed by atoms with van der Waals surface area (Å²) in [4.78, 5) is 24.1. The molecular formula is C15H17NO2S. The van der Waals surface area contributed by atoms with E-state index in [2.05, 4.69) is 11.4 Å². The molecule has 1 aromatic carbocycles. The van der Waals surface area contributed by atoms with Crippen LogP contribution in [-0.4, -0.2) is 23.3 Å². The number of aryl methyl sites for hydroxylation is 1. The molecule has 19 heavy (non-hydrogen) atoms. The molecule has 0 radical (unpaired) electrons. The van der Waals surface area contributed by atoms with Crippen molar-refractivity contribution in [3.05, 3.63) is 35.4 Å². The van der Waals surface area contributed by atoms with Gasteiger partial charge in [-0.3, -0.25) is 14.9 Å². The number of piperidine rings is 1. The highest BCUT2D eigenvalue weighted by atomic mass is 32.2. The molecule has 100 valence electrons. The highest BCUT2D eigenvalue weighted by Crippen LogP contribution is 2.51. The van der Waals surface area contributed by atoms with Crippen LogP contribution in [0.3, 0.4) is 0 Å². The smallest absolute Gasteiger partial charge is 0.234 e. The van der Waals surface area contributed by atoms with E-state index in [1.807, 2.05) is 36.9 Å². The van der Waals surface area contributed by atoms with E-state index < -0.39 is 0 Å². The maximum Gasteiger partial charge on any atom is 0.234 e. The van der Waals surface area contributed by atoms with Gasteiger partial charge in [0.15, 0.2) is 0 Å². The van der Waals surface area contributed by atoms with Gasteiger partial charge in [-0.05, 0) is 24.7 Å². The lowest BCUT2D eigenvalue weighted by atomic mass is 9.67. The van der Waals surface area contributed by atoms with Gasteiger partial charge in [-0.15, -0.1) is 0 Å².